The van der Waals surface area contributed by atoms with Gasteiger partial charge < -0.3 is 14.6 Å². The van der Waals surface area contributed by atoms with Gasteiger partial charge in [0.15, 0.2) is 5.82 Å². The summed E-state index contributed by atoms with van der Waals surface area (Å²) in [5, 5.41) is 8.56. The van der Waals surface area contributed by atoms with Gasteiger partial charge >= 0.3 is 12.1 Å². The van der Waals surface area contributed by atoms with Crippen LogP contribution in [0.1, 0.15) is 0 Å². The molecule has 0 aliphatic rings. The number of carbonyl (C=O) groups is 1. The standard InChI is InChI=1S/C9H10F3N3O3/c1-14-3-2-13-7(8(14)18)15(4-6(16)17)5-9(10,11)12/h2-3H,4-5H2,1H3,(H,16,17). The average Bonchev–Trinajstić information content (AvgIpc) is 2.18. The highest BCUT2D eigenvalue weighted by Gasteiger charge is 2.33. The number of hydrogen-bond acceptors (Lipinski definition) is 4. The first-order valence-electron chi connectivity index (χ1n) is 4.76. The molecule has 0 aliphatic heterocycles. The Morgan fingerprint density at radius 2 is 2.17 bits per heavy atom. The van der Waals surface area contributed by atoms with Crippen molar-refractivity contribution in [3.8, 4) is 0 Å². The van der Waals surface area contributed by atoms with E-state index in [9.17, 15) is 22.8 Å². The van der Waals surface area contributed by atoms with Crippen LogP contribution in [0.3, 0.4) is 0 Å². The summed E-state index contributed by atoms with van der Waals surface area (Å²) in [6.07, 6.45) is -2.24. The SMILES string of the molecule is Cn1ccnc(N(CC(=O)O)CC(F)(F)F)c1=O. The Kier molecular flexibility index (Phi) is 3.94. The molecule has 1 N–H and O–H groups in total. The third kappa shape index (κ3) is 3.75. The summed E-state index contributed by atoms with van der Waals surface area (Å²) in [5.74, 6) is -2.02. The number of aromatic nitrogens is 2. The monoisotopic (exact) mass is 265 g/mol. The number of aliphatic carboxylic acids is 1. The fourth-order valence-electron chi connectivity index (χ4n) is 1.29. The first-order valence-corrected chi connectivity index (χ1v) is 4.76. The smallest absolute Gasteiger partial charge is 0.405 e. The lowest BCUT2D eigenvalue weighted by Gasteiger charge is -2.22. The van der Waals surface area contributed by atoms with E-state index in [2.05, 4.69) is 4.98 Å². The maximum absolute atomic E-state index is 12.3. The molecule has 0 atom stereocenters. The Bertz CT molecular complexity index is 498. The fraction of sp³-hybridized carbons (Fsp3) is 0.444. The predicted octanol–water partition coefficient (Wildman–Crippen LogP) is 0.234. The van der Waals surface area contributed by atoms with Crippen LogP contribution in [-0.2, 0) is 11.8 Å². The van der Waals surface area contributed by atoms with Gasteiger partial charge in [-0.3, -0.25) is 9.59 Å². The Morgan fingerprint density at radius 1 is 1.56 bits per heavy atom. The third-order valence-electron chi connectivity index (χ3n) is 1.99. The molecule has 1 aromatic rings. The van der Waals surface area contributed by atoms with E-state index in [1.807, 2.05) is 0 Å². The molecule has 0 unspecified atom stereocenters. The van der Waals surface area contributed by atoms with Crippen molar-refractivity contribution in [2.45, 2.75) is 6.18 Å². The lowest BCUT2D eigenvalue weighted by molar-refractivity contribution is -0.136. The Labute approximate surface area is 99.3 Å². The van der Waals surface area contributed by atoms with Crippen LogP contribution in [0.2, 0.25) is 0 Å². The number of hydrogen-bond donors (Lipinski definition) is 1. The van der Waals surface area contributed by atoms with Crippen LogP contribution in [0.4, 0.5) is 19.0 Å². The summed E-state index contributed by atoms with van der Waals surface area (Å²) in [6.45, 7) is -2.50. The van der Waals surface area contributed by atoms with E-state index in [-0.39, 0.29) is 0 Å². The Hall–Kier alpha value is -2.06. The lowest BCUT2D eigenvalue weighted by atomic mass is 10.4. The molecule has 9 heteroatoms. The molecule has 0 spiro atoms. The molecule has 0 aromatic carbocycles. The number of halogens is 3. The molecule has 0 fully saturated rings. The van der Waals surface area contributed by atoms with Crippen molar-refractivity contribution >= 4 is 11.8 Å². The fourth-order valence-corrected chi connectivity index (χ4v) is 1.29. The van der Waals surface area contributed by atoms with Crippen molar-refractivity contribution in [3.05, 3.63) is 22.7 Å². The molecule has 18 heavy (non-hydrogen) atoms. The summed E-state index contributed by atoms with van der Waals surface area (Å²) in [7, 11) is 1.33. The molecule has 6 nitrogen and oxygen atoms in total. The number of rotatable bonds is 4. The molecule has 0 radical (unpaired) electrons. The van der Waals surface area contributed by atoms with E-state index in [0.29, 0.717) is 4.90 Å². The number of aryl methyl sites for hydroxylation is 1. The largest absolute Gasteiger partial charge is 0.480 e. The molecule has 0 bridgehead atoms. The number of nitrogens with zero attached hydrogens (tertiary/aromatic N) is 3. The first kappa shape index (κ1) is 14.0. The molecule has 1 aromatic heterocycles. The molecule has 1 heterocycles. The van der Waals surface area contributed by atoms with Gasteiger partial charge in [-0.25, -0.2) is 4.98 Å². The zero-order valence-electron chi connectivity index (χ0n) is 9.31. The zero-order valence-corrected chi connectivity index (χ0v) is 9.31. The van der Waals surface area contributed by atoms with Gasteiger partial charge in [-0.15, -0.1) is 0 Å². The minimum absolute atomic E-state index is 0.380. The zero-order chi connectivity index (χ0) is 13.9. The third-order valence-corrected chi connectivity index (χ3v) is 1.99. The molecule has 0 amide bonds. The molecule has 1 rings (SSSR count). The second-order valence-corrected chi connectivity index (χ2v) is 3.53. The summed E-state index contributed by atoms with van der Waals surface area (Å²) in [6, 6.07) is 0. The van der Waals surface area contributed by atoms with Gasteiger partial charge in [0, 0.05) is 19.4 Å². The summed E-state index contributed by atoms with van der Waals surface area (Å²) < 4.78 is 37.9. The van der Waals surface area contributed by atoms with Crippen molar-refractivity contribution in [1.82, 2.24) is 9.55 Å². The molecule has 0 aliphatic carbocycles. The minimum Gasteiger partial charge on any atom is -0.480 e. The highest BCUT2D eigenvalue weighted by atomic mass is 19.4. The van der Waals surface area contributed by atoms with E-state index >= 15 is 0 Å². The molecular formula is C9H10F3N3O3. The Morgan fingerprint density at radius 3 is 2.67 bits per heavy atom. The molecule has 0 saturated carbocycles. The number of alkyl halides is 3. The normalized spacial score (nSPS) is 11.3. The van der Waals surface area contributed by atoms with Crippen LogP contribution in [-0.4, -0.2) is 39.9 Å². The van der Waals surface area contributed by atoms with Gasteiger partial charge in [-0.2, -0.15) is 13.2 Å². The predicted molar refractivity (Wildman–Crippen MR) is 55.4 cm³/mol. The topological polar surface area (TPSA) is 75.4 Å². The highest BCUT2D eigenvalue weighted by molar-refractivity contribution is 5.73. The minimum atomic E-state index is -4.63. The summed E-state index contributed by atoms with van der Waals surface area (Å²) in [5.41, 5.74) is -0.789. The van der Waals surface area contributed by atoms with Gasteiger partial charge in [0.2, 0.25) is 0 Å². The van der Waals surface area contributed by atoms with Crippen molar-refractivity contribution < 1.29 is 23.1 Å². The van der Waals surface area contributed by atoms with Crippen LogP contribution in [0, 0.1) is 0 Å². The van der Waals surface area contributed by atoms with Crippen molar-refractivity contribution in [1.29, 1.82) is 0 Å². The van der Waals surface area contributed by atoms with E-state index < -0.39 is 36.6 Å². The van der Waals surface area contributed by atoms with E-state index in [0.717, 1.165) is 10.8 Å². The summed E-state index contributed by atoms with van der Waals surface area (Å²) >= 11 is 0. The number of carboxylic acids is 1. The lowest BCUT2D eigenvalue weighted by Crippen LogP contribution is -2.42. The van der Waals surface area contributed by atoms with E-state index in [1.54, 1.807) is 0 Å². The van der Waals surface area contributed by atoms with Crippen molar-refractivity contribution in [3.63, 3.8) is 0 Å². The van der Waals surface area contributed by atoms with Crippen LogP contribution in [0.15, 0.2) is 17.2 Å². The first-order chi connectivity index (χ1) is 8.20. The van der Waals surface area contributed by atoms with Crippen molar-refractivity contribution in [2.75, 3.05) is 18.0 Å². The van der Waals surface area contributed by atoms with Gasteiger partial charge in [0.25, 0.3) is 5.56 Å². The second-order valence-electron chi connectivity index (χ2n) is 3.53. The number of carboxylic acid groups (broad SMARTS) is 1. The summed E-state index contributed by atoms with van der Waals surface area (Å²) in [4.78, 5) is 26.0. The maximum Gasteiger partial charge on any atom is 0.405 e. The number of anilines is 1. The van der Waals surface area contributed by atoms with Crippen LogP contribution in [0.5, 0.6) is 0 Å². The molecular weight excluding hydrogens is 255 g/mol. The van der Waals surface area contributed by atoms with Gasteiger partial charge in [0.1, 0.15) is 13.1 Å². The Balaban J connectivity index is 3.13. The van der Waals surface area contributed by atoms with Gasteiger partial charge in [0.05, 0.1) is 0 Å². The quantitative estimate of drug-likeness (QED) is 0.843. The van der Waals surface area contributed by atoms with E-state index in [4.69, 9.17) is 5.11 Å². The molecule has 0 saturated heterocycles. The van der Waals surface area contributed by atoms with Crippen molar-refractivity contribution in [2.24, 2.45) is 7.05 Å². The van der Waals surface area contributed by atoms with Gasteiger partial charge in [-0.05, 0) is 0 Å². The van der Waals surface area contributed by atoms with Crippen LogP contribution >= 0.6 is 0 Å². The van der Waals surface area contributed by atoms with Crippen LogP contribution < -0.4 is 10.5 Å². The van der Waals surface area contributed by atoms with Gasteiger partial charge in [-0.1, -0.05) is 0 Å². The highest BCUT2D eigenvalue weighted by Crippen LogP contribution is 2.18. The average molecular weight is 265 g/mol. The molecule has 100 valence electrons. The van der Waals surface area contributed by atoms with Crippen LogP contribution in [0.25, 0.3) is 0 Å². The maximum atomic E-state index is 12.3. The van der Waals surface area contributed by atoms with E-state index in [1.165, 1.54) is 13.2 Å². The second kappa shape index (κ2) is 5.07.